The predicted octanol–water partition coefficient (Wildman–Crippen LogP) is 1.97. The molecule has 2 aliphatic heterocycles. The van der Waals surface area contributed by atoms with Gasteiger partial charge < -0.3 is 4.90 Å². The van der Waals surface area contributed by atoms with Crippen LogP contribution in [0.5, 0.6) is 0 Å². The van der Waals surface area contributed by atoms with Gasteiger partial charge in [-0.3, -0.25) is 9.79 Å². The van der Waals surface area contributed by atoms with Crippen LogP contribution in [0.25, 0.3) is 0 Å². The minimum absolute atomic E-state index is 0.148. The van der Waals surface area contributed by atoms with E-state index in [0.29, 0.717) is 6.42 Å². The van der Waals surface area contributed by atoms with Crippen LogP contribution in [0.2, 0.25) is 0 Å². The molecule has 0 aromatic carbocycles. The van der Waals surface area contributed by atoms with Crippen LogP contribution in [-0.4, -0.2) is 30.5 Å². The molecular weight excluding hydrogens is 238 g/mol. The zero-order valence-corrected chi connectivity index (χ0v) is 10.9. The van der Waals surface area contributed by atoms with Gasteiger partial charge in [0, 0.05) is 49.8 Å². The van der Waals surface area contributed by atoms with E-state index in [4.69, 9.17) is 5.26 Å². The molecule has 1 atom stereocenters. The van der Waals surface area contributed by atoms with Gasteiger partial charge in [0.15, 0.2) is 5.78 Å². The normalized spacial score (nSPS) is 31.3. The quantitative estimate of drug-likeness (QED) is 0.620. The molecule has 0 bridgehead atoms. The van der Waals surface area contributed by atoms with Crippen molar-refractivity contribution in [1.29, 1.82) is 5.26 Å². The van der Waals surface area contributed by atoms with Crippen molar-refractivity contribution < 1.29 is 4.79 Å². The Balaban J connectivity index is 2.14. The zero-order valence-electron chi connectivity index (χ0n) is 10.9. The second kappa shape index (κ2) is 4.20. The van der Waals surface area contributed by atoms with Crippen LogP contribution in [0.4, 0.5) is 0 Å². The Bertz CT molecular complexity index is 603. The molecule has 96 valence electrons. The fourth-order valence-electron chi connectivity index (χ4n) is 3.30. The average Bonchev–Trinajstić information content (AvgIpc) is 2.63. The van der Waals surface area contributed by atoms with E-state index >= 15 is 0 Å². The smallest absolute Gasteiger partial charge is 0.166 e. The molecule has 1 aliphatic carbocycles. The molecule has 2 heterocycles. The summed E-state index contributed by atoms with van der Waals surface area (Å²) in [6.45, 7) is 0.764. The predicted molar refractivity (Wildman–Crippen MR) is 72.3 cm³/mol. The van der Waals surface area contributed by atoms with E-state index in [9.17, 15) is 4.79 Å². The van der Waals surface area contributed by atoms with Gasteiger partial charge in [-0.25, -0.2) is 0 Å². The fourth-order valence-corrected chi connectivity index (χ4v) is 3.30. The van der Waals surface area contributed by atoms with E-state index in [2.05, 4.69) is 22.0 Å². The molecule has 3 rings (SSSR count). The zero-order chi connectivity index (χ0) is 13.5. The highest BCUT2D eigenvalue weighted by Gasteiger charge is 2.48. The molecule has 4 nitrogen and oxygen atoms in total. The Hall–Kier alpha value is -2.15. The molecule has 0 amide bonds. The van der Waals surface area contributed by atoms with Crippen molar-refractivity contribution >= 4 is 12.0 Å². The first-order valence-corrected chi connectivity index (χ1v) is 6.42. The van der Waals surface area contributed by atoms with Gasteiger partial charge in [0.1, 0.15) is 0 Å². The first kappa shape index (κ1) is 11.9. The minimum Gasteiger partial charge on any atom is -0.379 e. The standard InChI is InChI=1S/C15H15N3O/c1-18-9-12-13(19)5-7-17-14-3-2-11(4-6-16)8-15(12,14)10-18/h3-4,7,9H,2,5,8,10H2,1H3/b11-4+. The summed E-state index contributed by atoms with van der Waals surface area (Å²) in [6, 6.07) is 2.10. The molecule has 19 heavy (non-hydrogen) atoms. The van der Waals surface area contributed by atoms with Gasteiger partial charge in [0.2, 0.25) is 0 Å². The number of aliphatic imine (C=N–C) groups is 1. The summed E-state index contributed by atoms with van der Waals surface area (Å²) in [4.78, 5) is 18.8. The van der Waals surface area contributed by atoms with Gasteiger partial charge >= 0.3 is 0 Å². The van der Waals surface area contributed by atoms with Crippen LogP contribution in [0.15, 0.2) is 40.2 Å². The Morgan fingerprint density at radius 1 is 1.53 bits per heavy atom. The van der Waals surface area contributed by atoms with Gasteiger partial charge in [-0.15, -0.1) is 0 Å². The summed E-state index contributed by atoms with van der Waals surface area (Å²) in [5.41, 5.74) is 2.59. The van der Waals surface area contributed by atoms with E-state index in [-0.39, 0.29) is 11.2 Å². The lowest BCUT2D eigenvalue weighted by Gasteiger charge is -2.35. The van der Waals surface area contributed by atoms with Crippen molar-refractivity contribution in [2.75, 3.05) is 13.6 Å². The number of Topliss-reactive ketones (excluding diaryl/α,β-unsaturated/α-hetero) is 1. The lowest BCUT2D eigenvalue weighted by atomic mass is 9.69. The van der Waals surface area contributed by atoms with Crippen molar-refractivity contribution in [3.8, 4) is 6.07 Å². The number of nitrogens with zero attached hydrogens (tertiary/aromatic N) is 3. The molecule has 0 fully saturated rings. The summed E-state index contributed by atoms with van der Waals surface area (Å²) in [5, 5.41) is 8.84. The Morgan fingerprint density at radius 2 is 2.37 bits per heavy atom. The third-order valence-corrected chi connectivity index (χ3v) is 4.04. The number of nitriles is 1. The Morgan fingerprint density at radius 3 is 3.16 bits per heavy atom. The van der Waals surface area contributed by atoms with Crippen LogP contribution in [0.1, 0.15) is 19.3 Å². The summed E-state index contributed by atoms with van der Waals surface area (Å²) in [5.74, 6) is 0.148. The lowest BCUT2D eigenvalue weighted by Crippen LogP contribution is -2.34. The molecular formula is C15H15N3O. The monoisotopic (exact) mass is 253 g/mol. The van der Waals surface area contributed by atoms with Crippen LogP contribution in [0, 0.1) is 16.7 Å². The number of ketones is 1. The van der Waals surface area contributed by atoms with Gasteiger partial charge in [-0.1, -0.05) is 11.6 Å². The van der Waals surface area contributed by atoms with Crippen molar-refractivity contribution in [2.45, 2.75) is 19.3 Å². The third-order valence-electron chi connectivity index (χ3n) is 4.04. The highest BCUT2D eigenvalue weighted by Crippen LogP contribution is 2.50. The Labute approximate surface area is 112 Å². The second-order valence-electron chi connectivity index (χ2n) is 5.38. The number of hydrogen-bond donors (Lipinski definition) is 0. The van der Waals surface area contributed by atoms with Crippen LogP contribution in [0.3, 0.4) is 0 Å². The van der Waals surface area contributed by atoms with Crippen molar-refractivity contribution in [2.24, 2.45) is 10.4 Å². The van der Waals surface area contributed by atoms with Gasteiger partial charge in [-0.05, 0) is 12.8 Å². The first-order chi connectivity index (χ1) is 9.15. The average molecular weight is 253 g/mol. The van der Waals surface area contributed by atoms with Gasteiger partial charge in [-0.2, -0.15) is 5.26 Å². The molecule has 1 spiro atoms. The van der Waals surface area contributed by atoms with E-state index in [1.54, 1.807) is 12.3 Å². The molecule has 0 aromatic heterocycles. The maximum absolute atomic E-state index is 12.3. The van der Waals surface area contributed by atoms with E-state index in [0.717, 1.165) is 36.2 Å². The van der Waals surface area contributed by atoms with Crippen LogP contribution < -0.4 is 0 Å². The summed E-state index contributed by atoms with van der Waals surface area (Å²) in [6.07, 6.45) is 9.19. The number of carbonyl (C=O) groups excluding carboxylic acids is 1. The lowest BCUT2D eigenvalue weighted by molar-refractivity contribution is -0.115. The number of allylic oxidation sites excluding steroid dienone is 3. The molecule has 0 N–H and O–H groups in total. The number of carbonyl (C=O) groups is 1. The van der Waals surface area contributed by atoms with Gasteiger partial charge in [0.25, 0.3) is 0 Å². The first-order valence-electron chi connectivity index (χ1n) is 6.42. The summed E-state index contributed by atoms with van der Waals surface area (Å²) < 4.78 is 0. The van der Waals surface area contributed by atoms with E-state index in [1.165, 1.54) is 0 Å². The molecule has 4 heteroatoms. The van der Waals surface area contributed by atoms with Crippen LogP contribution >= 0.6 is 0 Å². The minimum atomic E-state index is -0.334. The van der Waals surface area contributed by atoms with Crippen LogP contribution in [-0.2, 0) is 4.79 Å². The molecule has 0 saturated carbocycles. The summed E-state index contributed by atoms with van der Waals surface area (Å²) >= 11 is 0. The highest BCUT2D eigenvalue weighted by molar-refractivity contribution is 6.06. The molecule has 1 unspecified atom stereocenters. The summed E-state index contributed by atoms with van der Waals surface area (Å²) in [7, 11) is 1.98. The highest BCUT2D eigenvalue weighted by atomic mass is 16.1. The van der Waals surface area contributed by atoms with E-state index in [1.807, 2.05) is 13.2 Å². The second-order valence-corrected chi connectivity index (χ2v) is 5.38. The largest absolute Gasteiger partial charge is 0.379 e. The maximum Gasteiger partial charge on any atom is 0.166 e. The topological polar surface area (TPSA) is 56.5 Å². The van der Waals surface area contributed by atoms with Gasteiger partial charge in [0.05, 0.1) is 11.5 Å². The Kier molecular flexibility index (Phi) is 2.63. The molecule has 0 saturated heterocycles. The molecule has 0 radical (unpaired) electrons. The number of hydrogen-bond acceptors (Lipinski definition) is 4. The maximum atomic E-state index is 12.3. The van der Waals surface area contributed by atoms with E-state index < -0.39 is 0 Å². The molecule has 3 aliphatic rings. The van der Waals surface area contributed by atoms with Crippen molar-refractivity contribution in [3.05, 3.63) is 35.2 Å². The van der Waals surface area contributed by atoms with Crippen molar-refractivity contribution in [1.82, 2.24) is 4.90 Å². The SMILES string of the molecule is CN1C=C2C(=O)CC=NC3=CC/C(=C\C#N)CC32C1. The van der Waals surface area contributed by atoms with Crippen molar-refractivity contribution in [3.63, 3.8) is 0 Å². The number of rotatable bonds is 0. The molecule has 0 aromatic rings. The third kappa shape index (κ3) is 1.74. The fraction of sp³-hybridized carbons (Fsp3) is 0.400.